The molecule has 1 aromatic carbocycles. The number of aliphatic hydroxyl groups is 1. The molecule has 2 atom stereocenters. The van der Waals surface area contributed by atoms with E-state index in [0.717, 1.165) is 0 Å². The van der Waals surface area contributed by atoms with Gasteiger partial charge in [0.2, 0.25) is 11.7 Å². The minimum atomic E-state index is -0.984. The van der Waals surface area contributed by atoms with Gasteiger partial charge in [0.15, 0.2) is 6.10 Å². The average molecular weight is 372 g/mol. The van der Waals surface area contributed by atoms with Crippen molar-refractivity contribution < 1.29 is 24.2 Å². The van der Waals surface area contributed by atoms with Gasteiger partial charge in [-0.05, 0) is 57.5 Å². The van der Waals surface area contributed by atoms with E-state index in [1.165, 1.54) is 13.8 Å². The molecular formula is C20H24N2O5. The zero-order valence-corrected chi connectivity index (χ0v) is 16.0. The Morgan fingerprint density at radius 3 is 2.19 bits per heavy atom. The number of hydrogen-bond acceptors (Lipinski definition) is 5. The summed E-state index contributed by atoms with van der Waals surface area (Å²) in [6, 6.07) is 6.34. The topological polar surface area (TPSA) is 108 Å². The number of rotatable bonds is 6. The number of nitrogens with one attached hydrogen (secondary N) is 2. The Morgan fingerprint density at radius 2 is 1.70 bits per heavy atom. The summed E-state index contributed by atoms with van der Waals surface area (Å²) in [5.41, 5.74) is 3.10. The number of anilines is 1. The molecule has 0 unspecified atom stereocenters. The number of carbonyl (C=O) groups is 3. The summed E-state index contributed by atoms with van der Waals surface area (Å²) in [7, 11) is 0. The zero-order chi connectivity index (χ0) is 20.3. The largest absolute Gasteiger partial charge is 0.450 e. The highest BCUT2D eigenvalue weighted by Gasteiger charge is 2.25. The highest BCUT2D eigenvalue weighted by atomic mass is 16.5. The maximum absolute atomic E-state index is 12.5. The van der Waals surface area contributed by atoms with Crippen LogP contribution in [0.1, 0.15) is 64.5 Å². The molecule has 1 amide bonds. The molecule has 0 aliphatic carbocycles. The molecule has 3 N–H and O–H groups in total. The lowest BCUT2D eigenvalue weighted by Gasteiger charge is -2.13. The minimum Gasteiger partial charge on any atom is -0.450 e. The monoisotopic (exact) mass is 372 g/mol. The predicted molar refractivity (Wildman–Crippen MR) is 101 cm³/mol. The number of Topliss-reactive ketones (excluding diaryl/α,β-unsaturated/α-hetero) is 1. The van der Waals surface area contributed by atoms with Crippen molar-refractivity contribution in [2.45, 2.75) is 46.8 Å². The average Bonchev–Trinajstić information content (AvgIpc) is 2.89. The fourth-order valence-electron chi connectivity index (χ4n) is 3.02. The van der Waals surface area contributed by atoms with Crippen molar-refractivity contribution >= 4 is 23.3 Å². The maximum Gasteiger partial charge on any atom is 0.355 e. The van der Waals surface area contributed by atoms with E-state index >= 15 is 0 Å². The first-order valence-corrected chi connectivity index (χ1v) is 8.61. The van der Waals surface area contributed by atoms with Crippen LogP contribution in [0.2, 0.25) is 0 Å². The van der Waals surface area contributed by atoms with E-state index in [9.17, 15) is 19.5 Å². The Balaban J connectivity index is 2.11. The van der Waals surface area contributed by atoms with Crippen LogP contribution < -0.4 is 5.32 Å². The molecule has 27 heavy (non-hydrogen) atoms. The lowest BCUT2D eigenvalue weighted by molar-refractivity contribution is -0.114. The van der Waals surface area contributed by atoms with Gasteiger partial charge < -0.3 is 20.1 Å². The summed E-state index contributed by atoms with van der Waals surface area (Å²) in [4.78, 5) is 38.9. The summed E-state index contributed by atoms with van der Waals surface area (Å²) in [6.07, 6.45) is -1.70. The second-order valence-corrected chi connectivity index (χ2v) is 6.51. The summed E-state index contributed by atoms with van der Waals surface area (Å²) in [5, 5.41) is 12.4. The molecule has 2 rings (SSSR count). The van der Waals surface area contributed by atoms with Gasteiger partial charge in [0, 0.05) is 29.4 Å². The van der Waals surface area contributed by atoms with Crippen LogP contribution >= 0.6 is 0 Å². The number of aromatic nitrogens is 1. The van der Waals surface area contributed by atoms with Crippen LogP contribution in [0.15, 0.2) is 24.3 Å². The Hall–Kier alpha value is -2.93. The van der Waals surface area contributed by atoms with Gasteiger partial charge in [-0.1, -0.05) is 0 Å². The first kappa shape index (κ1) is 20.4. The van der Waals surface area contributed by atoms with Gasteiger partial charge in [0.25, 0.3) is 0 Å². The normalized spacial score (nSPS) is 13.0. The van der Waals surface area contributed by atoms with Gasteiger partial charge in [-0.3, -0.25) is 9.59 Å². The van der Waals surface area contributed by atoms with Crippen molar-refractivity contribution in [1.29, 1.82) is 0 Å². The van der Waals surface area contributed by atoms with Crippen molar-refractivity contribution in [2.24, 2.45) is 0 Å². The molecule has 144 valence electrons. The van der Waals surface area contributed by atoms with Gasteiger partial charge >= 0.3 is 5.97 Å². The fourth-order valence-corrected chi connectivity index (χ4v) is 3.02. The number of hydrogen-bond donors (Lipinski definition) is 3. The molecule has 1 aromatic heterocycles. The second kappa shape index (κ2) is 8.18. The molecule has 0 saturated carbocycles. The second-order valence-electron chi connectivity index (χ2n) is 6.51. The molecule has 0 fully saturated rings. The van der Waals surface area contributed by atoms with E-state index in [1.54, 1.807) is 45.0 Å². The molecule has 0 aliphatic rings. The summed E-state index contributed by atoms with van der Waals surface area (Å²) in [5.74, 6) is -1.21. The number of carbonyl (C=O) groups excluding carboxylic acids is 3. The number of esters is 1. The van der Waals surface area contributed by atoms with Crippen LogP contribution in [-0.4, -0.2) is 33.9 Å². The number of aliphatic hydroxyl groups excluding tert-OH is 1. The number of ketones is 1. The van der Waals surface area contributed by atoms with Gasteiger partial charge in [-0.2, -0.15) is 0 Å². The van der Waals surface area contributed by atoms with Crippen LogP contribution in [0.25, 0.3) is 0 Å². The standard InChI is InChI=1S/C20H24N2O5/c1-10-17(12(3)23)11(2)21-18(10)20(26)27-13(4)19(25)15-6-8-16(9-7-15)22-14(5)24/h6-9,12-13,21,23H,1-5H3,(H,22,24)/t12-,13-/m0/s1. The Morgan fingerprint density at radius 1 is 1.11 bits per heavy atom. The SMILES string of the molecule is CC(=O)Nc1ccc(C(=O)[C@H](C)OC(=O)c2[nH]c(C)c([C@H](C)O)c2C)cc1. The number of ether oxygens (including phenoxy) is 1. The van der Waals surface area contributed by atoms with Gasteiger partial charge in [0.1, 0.15) is 5.69 Å². The zero-order valence-electron chi connectivity index (χ0n) is 16.0. The number of H-pyrrole nitrogens is 1. The van der Waals surface area contributed by atoms with E-state index < -0.39 is 18.2 Å². The third-order valence-electron chi connectivity index (χ3n) is 4.26. The molecular weight excluding hydrogens is 348 g/mol. The van der Waals surface area contributed by atoms with E-state index in [4.69, 9.17) is 4.74 Å². The highest BCUT2D eigenvalue weighted by Crippen LogP contribution is 2.25. The third-order valence-corrected chi connectivity index (χ3v) is 4.26. The quantitative estimate of drug-likeness (QED) is 0.533. The van der Waals surface area contributed by atoms with Crippen molar-refractivity contribution in [1.82, 2.24) is 4.98 Å². The van der Waals surface area contributed by atoms with Crippen LogP contribution in [0.3, 0.4) is 0 Å². The molecule has 2 aromatic rings. The third kappa shape index (κ3) is 4.62. The van der Waals surface area contributed by atoms with E-state index in [0.29, 0.717) is 28.1 Å². The summed E-state index contributed by atoms with van der Waals surface area (Å²) in [6.45, 7) is 8.00. The first-order chi connectivity index (χ1) is 12.6. The lowest BCUT2D eigenvalue weighted by atomic mass is 10.1. The summed E-state index contributed by atoms with van der Waals surface area (Å²) < 4.78 is 5.31. The first-order valence-electron chi connectivity index (χ1n) is 8.61. The van der Waals surface area contributed by atoms with Gasteiger partial charge in [0.05, 0.1) is 6.10 Å². The lowest BCUT2D eigenvalue weighted by Crippen LogP contribution is -2.25. The fraction of sp³-hybridized carbons (Fsp3) is 0.350. The Kier molecular flexibility index (Phi) is 6.17. The summed E-state index contributed by atoms with van der Waals surface area (Å²) >= 11 is 0. The van der Waals surface area contributed by atoms with Gasteiger partial charge in [-0.25, -0.2) is 4.79 Å². The van der Waals surface area contributed by atoms with Gasteiger partial charge in [-0.15, -0.1) is 0 Å². The number of aryl methyl sites for hydroxylation is 1. The van der Waals surface area contributed by atoms with Crippen LogP contribution in [0.4, 0.5) is 5.69 Å². The van der Waals surface area contributed by atoms with Crippen LogP contribution in [0, 0.1) is 13.8 Å². The highest BCUT2D eigenvalue weighted by molar-refractivity contribution is 6.02. The molecule has 0 aliphatic heterocycles. The van der Waals surface area contributed by atoms with Crippen molar-refractivity contribution in [2.75, 3.05) is 5.32 Å². The van der Waals surface area contributed by atoms with Crippen molar-refractivity contribution in [3.63, 3.8) is 0 Å². The van der Waals surface area contributed by atoms with Crippen LogP contribution in [0.5, 0.6) is 0 Å². The number of amides is 1. The molecule has 1 heterocycles. The molecule has 0 radical (unpaired) electrons. The molecule has 7 nitrogen and oxygen atoms in total. The van der Waals surface area contributed by atoms with Crippen molar-refractivity contribution in [3.05, 3.63) is 52.3 Å². The van der Waals surface area contributed by atoms with E-state index in [1.807, 2.05) is 0 Å². The smallest absolute Gasteiger partial charge is 0.355 e. The minimum absolute atomic E-state index is 0.204. The van der Waals surface area contributed by atoms with Crippen molar-refractivity contribution in [3.8, 4) is 0 Å². The molecule has 7 heteroatoms. The van der Waals surface area contributed by atoms with E-state index in [-0.39, 0.29) is 17.4 Å². The molecule has 0 bridgehead atoms. The maximum atomic E-state index is 12.5. The Labute approximate surface area is 157 Å². The van der Waals surface area contributed by atoms with E-state index in [2.05, 4.69) is 10.3 Å². The molecule has 0 spiro atoms. The van der Waals surface area contributed by atoms with Crippen LogP contribution in [-0.2, 0) is 9.53 Å². The number of aromatic amines is 1. The predicted octanol–water partition coefficient (Wildman–Crippen LogP) is 3.07. The molecule has 0 saturated heterocycles. The number of benzene rings is 1. The Bertz CT molecular complexity index is 865.